The van der Waals surface area contributed by atoms with Gasteiger partial charge in [0.05, 0.1) is 6.61 Å². The molecule has 1 rings (SSSR count). The molecular formula is C13H17ClF3NO. The van der Waals surface area contributed by atoms with Crippen LogP contribution in [0.15, 0.2) is 24.3 Å². The van der Waals surface area contributed by atoms with Crippen molar-refractivity contribution in [2.45, 2.75) is 12.6 Å². The van der Waals surface area contributed by atoms with Crippen molar-refractivity contribution >= 4 is 11.6 Å². The lowest BCUT2D eigenvalue weighted by molar-refractivity contribution is -0.176. The van der Waals surface area contributed by atoms with E-state index in [4.69, 9.17) is 16.3 Å². The van der Waals surface area contributed by atoms with E-state index in [9.17, 15) is 13.2 Å². The maximum absolute atomic E-state index is 12.0. The van der Waals surface area contributed by atoms with Crippen LogP contribution in [0.4, 0.5) is 13.2 Å². The Hall–Kier alpha value is -0.780. The fourth-order valence-electron chi connectivity index (χ4n) is 1.82. The summed E-state index contributed by atoms with van der Waals surface area (Å²) < 4.78 is 40.8. The van der Waals surface area contributed by atoms with Gasteiger partial charge in [0.1, 0.15) is 6.61 Å². The van der Waals surface area contributed by atoms with Crippen molar-refractivity contribution in [3.05, 3.63) is 34.9 Å². The lowest BCUT2D eigenvalue weighted by Crippen LogP contribution is -2.27. The van der Waals surface area contributed by atoms with Crippen LogP contribution in [-0.4, -0.2) is 33.0 Å². The van der Waals surface area contributed by atoms with Gasteiger partial charge in [-0.25, -0.2) is 0 Å². The molecule has 1 N–H and O–H groups in total. The zero-order valence-electron chi connectivity index (χ0n) is 10.6. The Balaban J connectivity index is 2.48. The molecule has 0 aliphatic carbocycles. The molecule has 0 radical (unpaired) electrons. The third kappa shape index (κ3) is 7.40. The van der Waals surface area contributed by atoms with Crippen LogP contribution in [0.1, 0.15) is 5.56 Å². The molecule has 1 unspecified atom stereocenters. The van der Waals surface area contributed by atoms with Crippen LogP contribution in [0.5, 0.6) is 0 Å². The molecule has 0 amide bonds. The largest absolute Gasteiger partial charge is 0.411 e. The second kappa shape index (κ2) is 7.72. The van der Waals surface area contributed by atoms with Gasteiger partial charge >= 0.3 is 6.18 Å². The van der Waals surface area contributed by atoms with Crippen LogP contribution in [-0.2, 0) is 11.2 Å². The molecular weight excluding hydrogens is 279 g/mol. The van der Waals surface area contributed by atoms with Gasteiger partial charge in [-0.05, 0) is 37.1 Å². The number of benzene rings is 1. The number of hydrogen-bond donors (Lipinski definition) is 1. The Morgan fingerprint density at radius 1 is 1.37 bits per heavy atom. The van der Waals surface area contributed by atoms with Crippen LogP contribution in [0, 0.1) is 5.92 Å². The van der Waals surface area contributed by atoms with Gasteiger partial charge in [0, 0.05) is 11.6 Å². The summed E-state index contributed by atoms with van der Waals surface area (Å²) in [6.45, 7) is -0.556. The van der Waals surface area contributed by atoms with Gasteiger partial charge in [0.25, 0.3) is 0 Å². The van der Waals surface area contributed by atoms with Crippen molar-refractivity contribution in [1.29, 1.82) is 0 Å². The Bertz CT molecular complexity index is 384. The summed E-state index contributed by atoms with van der Waals surface area (Å²) in [4.78, 5) is 0. The molecule has 0 saturated carbocycles. The van der Waals surface area contributed by atoms with Crippen molar-refractivity contribution in [3.63, 3.8) is 0 Å². The highest BCUT2D eigenvalue weighted by Crippen LogP contribution is 2.17. The molecule has 0 fully saturated rings. The van der Waals surface area contributed by atoms with Gasteiger partial charge in [0.15, 0.2) is 0 Å². The van der Waals surface area contributed by atoms with Crippen molar-refractivity contribution in [1.82, 2.24) is 5.32 Å². The van der Waals surface area contributed by atoms with E-state index in [1.54, 1.807) is 13.1 Å². The van der Waals surface area contributed by atoms with Gasteiger partial charge in [-0.3, -0.25) is 0 Å². The third-order valence-electron chi connectivity index (χ3n) is 2.53. The maximum Gasteiger partial charge on any atom is 0.411 e. The first-order chi connectivity index (χ1) is 8.90. The molecule has 6 heteroatoms. The van der Waals surface area contributed by atoms with E-state index in [1.165, 1.54) is 0 Å². The summed E-state index contributed by atoms with van der Waals surface area (Å²) in [6, 6.07) is 7.30. The highest BCUT2D eigenvalue weighted by molar-refractivity contribution is 6.30. The molecule has 0 spiro atoms. The minimum Gasteiger partial charge on any atom is -0.372 e. The smallest absolute Gasteiger partial charge is 0.372 e. The first kappa shape index (κ1) is 16.3. The first-order valence-electron chi connectivity index (χ1n) is 5.94. The van der Waals surface area contributed by atoms with E-state index in [-0.39, 0.29) is 12.5 Å². The summed E-state index contributed by atoms with van der Waals surface area (Å²) in [5.41, 5.74) is 0.989. The van der Waals surface area contributed by atoms with E-state index in [1.807, 2.05) is 18.2 Å². The van der Waals surface area contributed by atoms with Gasteiger partial charge in [-0.1, -0.05) is 23.7 Å². The van der Waals surface area contributed by atoms with Crippen LogP contribution >= 0.6 is 11.6 Å². The molecule has 0 bridgehead atoms. The minimum absolute atomic E-state index is 0.0224. The zero-order chi connectivity index (χ0) is 14.3. The normalized spacial score (nSPS) is 13.5. The average Bonchev–Trinajstić information content (AvgIpc) is 2.27. The quantitative estimate of drug-likeness (QED) is 0.833. The van der Waals surface area contributed by atoms with Gasteiger partial charge in [-0.2, -0.15) is 13.2 Å². The minimum atomic E-state index is -4.28. The molecule has 0 saturated heterocycles. The summed E-state index contributed by atoms with van der Waals surface area (Å²) >= 11 is 5.87. The highest BCUT2D eigenvalue weighted by Gasteiger charge is 2.27. The Kier molecular flexibility index (Phi) is 6.62. The van der Waals surface area contributed by atoms with E-state index in [2.05, 4.69) is 5.32 Å². The fraction of sp³-hybridized carbons (Fsp3) is 0.538. The number of rotatable bonds is 7. The van der Waals surface area contributed by atoms with Crippen LogP contribution in [0.3, 0.4) is 0 Å². The summed E-state index contributed by atoms with van der Waals surface area (Å²) in [7, 11) is 1.76. The Labute approximate surface area is 115 Å². The fourth-order valence-corrected chi connectivity index (χ4v) is 2.03. The molecule has 0 heterocycles. The molecule has 2 nitrogen and oxygen atoms in total. The Morgan fingerprint density at radius 2 is 2.11 bits per heavy atom. The van der Waals surface area contributed by atoms with Crippen LogP contribution in [0.2, 0.25) is 5.02 Å². The first-order valence-corrected chi connectivity index (χ1v) is 6.32. The second-order valence-corrected chi connectivity index (χ2v) is 4.82. The van der Waals surface area contributed by atoms with E-state index >= 15 is 0 Å². The maximum atomic E-state index is 12.0. The molecule has 0 aliphatic heterocycles. The molecule has 1 aromatic carbocycles. The number of alkyl halides is 3. The molecule has 19 heavy (non-hydrogen) atoms. The summed E-state index contributed by atoms with van der Waals surface area (Å²) in [6.07, 6.45) is -3.65. The second-order valence-electron chi connectivity index (χ2n) is 4.39. The Morgan fingerprint density at radius 3 is 2.68 bits per heavy atom. The third-order valence-corrected chi connectivity index (χ3v) is 2.76. The van der Waals surface area contributed by atoms with E-state index < -0.39 is 12.8 Å². The van der Waals surface area contributed by atoms with E-state index in [0.717, 1.165) is 5.56 Å². The SMILES string of the molecule is CNCC(COCC(F)(F)F)Cc1cccc(Cl)c1. The van der Waals surface area contributed by atoms with Crippen LogP contribution < -0.4 is 5.32 Å². The van der Waals surface area contributed by atoms with Gasteiger partial charge in [-0.15, -0.1) is 0 Å². The standard InChI is InChI=1S/C13H17ClF3NO/c1-18-7-11(8-19-9-13(15,16)17)5-10-3-2-4-12(14)6-10/h2-4,6,11,18H,5,7-9H2,1H3. The van der Waals surface area contributed by atoms with Gasteiger partial charge < -0.3 is 10.1 Å². The van der Waals surface area contributed by atoms with E-state index in [0.29, 0.717) is 18.0 Å². The lowest BCUT2D eigenvalue weighted by atomic mass is 10.00. The molecule has 1 aromatic rings. The van der Waals surface area contributed by atoms with Crippen molar-refractivity contribution in [2.24, 2.45) is 5.92 Å². The predicted octanol–water partition coefficient (Wildman–Crippen LogP) is 3.30. The number of ether oxygens (including phenoxy) is 1. The van der Waals surface area contributed by atoms with Gasteiger partial charge in [0.2, 0.25) is 0 Å². The number of nitrogens with one attached hydrogen (secondary N) is 1. The van der Waals surface area contributed by atoms with Crippen molar-refractivity contribution < 1.29 is 17.9 Å². The zero-order valence-corrected chi connectivity index (χ0v) is 11.4. The molecule has 0 aliphatic rings. The highest BCUT2D eigenvalue weighted by atomic mass is 35.5. The average molecular weight is 296 g/mol. The predicted molar refractivity (Wildman–Crippen MR) is 69.4 cm³/mol. The molecule has 108 valence electrons. The topological polar surface area (TPSA) is 21.3 Å². The number of hydrogen-bond acceptors (Lipinski definition) is 2. The lowest BCUT2D eigenvalue weighted by Gasteiger charge is -2.17. The van der Waals surface area contributed by atoms with Crippen molar-refractivity contribution in [2.75, 3.05) is 26.8 Å². The summed E-state index contributed by atoms with van der Waals surface area (Å²) in [5, 5.41) is 3.58. The van der Waals surface area contributed by atoms with Crippen molar-refractivity contribution in [3.8, 4) is 0 Å². The number of halogens is 4. The monoisotopic (exact) mass is 295 g/mol. The van der Waals surface area contributed by atoms with Crippen LogP contribution in [0.25, 0.3) is 0 Å². The summed E-state index contributed by atoms with van der Waals surface area (Å²) in [5.74, 6) is -0.0224. The molecule has 0 aromatic heterocycles. The molecule has 1 atom stereocenters.